The van der Waals surface area contributed by atoms with Crippen molar-refractivity contribution in [2.24, 2.45) is 7.05 Å². The molecule has 1 aliphatic heterocycles. The van der Waals surface area contributed by atoms with Gasteiger partial charge in [-0.25, -0.2) is 9.97 Å². The topological polar surface area (TPSA) is 75.9 Å². The molecule has 1 N–H and O–H groups in total. The van der Waals surface area contributed by atoms with Crippen LogP contribution in [0.5, 0.6) is 0 Å². The largest absolute Gasteiger partial charge is 0.356 e. The fourth-order valence-electron chi connectivity index (χ4n) is 3.43. The van der Waals surface area contributed by atoms with Crippen LogP contribution in [0.2, 0.25) is 0 Å². The zero-order valence-electron chi connectivity index (χ0n) is 15.8. The Balaban J connectivity index is 1.57. The predicted octanol–water partition coefficient (Wildman–Crippen LogP) is 2.46. The third-order valence-electron chi connectivity index (χ3n) is 4.97. The van der Waals surface area contributed by atoms with Crippen LogP contribution < -0.4 is 10.2 Å². The van der Waals surface area contributed by atoms with Gasteiger partial charge in [0.05, 0.1) is 5.39 Å². The van der Waals surface area contributed by atoms with Crippen molar-refractivity contribution in [3.8, 4) is 0 Å². The van der Waals surface area contributed by atoms with E-state index in [1.165, 1.54) is 5.56 Å². The van der Waals surface area contributed by atoms with Gasteiger partial charge in [-0.15, -0.1) is 0 Å². The monoisotopic (exact) mass is 364 g/mol. The van der Waals surface area contributed by atoms with E-state index < -0.39 is 0 Å². The van der Waals surface area contributed by atoms with Crippen LogP contribution in [0.3, 0.4) is 0 Å². The highest BCUT2D eigenvalue weighted by atomic mass is 16.2. The molecule has 0 aliphatic carbocycles. The molecule has 0 bridgehead atoms. The number of fused-ring (bicyclic) bond motifs is 1. The molecule has 4 rings (SSSR count). The molecule has 7 nitrogen and oxygen atoms in total. The van der Waals surface area contributed by atoms with Crippen molar-refractivity contribution in [2.75, 3.05) is 18.0 Å². The molecule has 0 saturated carbocycles. The van der Waals surface area contributed by atoms with Crippen molar-refractivity contribution in [2.45, 2.75) is 32.7 Å². The first kappa shape index (κ1) is 17.5. The van der Waals surface area contributed by atoms with E-state index in [2.05, 4.69) is 44.3 Å². The molecular formula is C20H24N6O. The number of amides is 1. The molecular weight excluding hydrogens is 340 g/mol. The van der Waals surface area contributed by atoms with Gasteiger partial charge in [-0.3, -0.25) is 9.48 Å². The maximum Gasteiger partial charge on any atom is 0.289 e. The Kier molecular flexibility index (Phi) is 4.75. The number of benzene rings is 1. The summed E-state index contributed by atoms with van der Waals surface area (Å²) in [5.74, 6) is 0.707. The Hall–Kier alpha value is -2.96. The van der Waals surface area contributed by atoms with Gasteiger partial charge in [-0.2, -0.15) is 5.10 Å². The molecule has 0 atom stereocenters. The Labute approximate surface area is 158 Å². The molecule has 1 aliphatic rings. The molecule has 140 valence electrons. The minimum atomic E-state index is -0.275. The van der Waals surface area contributed by atoms with Crippen molar-refractivity contribution < 1.29 is 4.79 Å². The first-order valence-electron chi connectivity index (χ1n) is 9.46. The van der Waals surface area contributed by atoms with Crippen LogP contribution in [0.15, 0.2) is 30.5 Å². The Morgan fingerprint density at radius 2 is 1.81 bits per heavy atom. The molecule has 1 fully saturated rings. The fourth-order valence-corrected chi connectivity index (χ4v) is 3.43. The van der Waals surface area contributed by atoms with Crippen LogP contribution >= 0.6 is 0 Å². The normalized spacial score (nSPS) is 14.1. The van der Waals surface area contributed by atoms with Crippen LogP contribution in [0.25, 0.3) is 11.0 Å². The lowest BCUT2D eigenvalue weighted by atomic mass is 10.1. The summed E-state index contributed by atoms with van der Waals surface area (Å²) in [5, 5.41) is 8.20. The van der Waals surface area contributed by atoms with E-state index in [4.69, 9.17) is 0 Å². The third-order valence-corrected chi connectivity index (χ3v) is 4.97. The second-order valence-electron chi connectivity index (χ2n) is 6.96. The zero-order valence-corrected chi connectivity index (χ0v) is 15.8. The molecule has 0 unspecified atom stereocenters. The number of carbonyl (C=O) groups excluding carboxylic acids is 1. The molecule has 0 radical (unpaired) electrons. The van der Waals surface area contributed by atoms with Crippen LogP contribution in [-0.4, -0.2) is 38.7 Å². The molecule has 3 heterocycles. The highest BCUT2D eigenvalue weighted by Crippen LogP contribution is 2.26. The lowest BCUT2D eigenvalue weighted by Crippen LogP contribution is -2.27. The molecule has 0 spiro atoms. The van der Waals surface area contributed by atoms with Gasteiger partial charge in [0.1, 0.15) is 5.82 Å². The Morgan fingerprint density at radius 1 is 1.11 bits per heavy atom. The smallest absolute Gasteiger partial charge is 0.289 e. The molecule has 1 aromatic carbocycles. The third kappa shape index (κ3) is 3.63. The van der Waals surface area contributed by atoms with Crippen molar-refractivity contribution in [3.05, 3.63) is 47.4 Å². The number of rotatable bonds is 5. The molecule has 2 aromatic heterocycles. The van der Waals surface area contributed by atoms with Gasteiger partial charge in [-0.1, -0.05) is 31.2 Å². The summed E-state index contributed by atoms with van der Waals surface area (Å²) in [6, 6.07) is 8.25. The number of hydrogen-bond donors (Lipinski definition) is 1. The van der Waals surface area contributed by atoms with Crippen LogP contribution in [0, 0.1) is 0 Å². The van der Waals surface area contributed by atoms with Gasteiger partial charge in [0.15, 0.2) is 5.65 Å². The van der Waals surface area contributed by atoms with Gasteiger partial charge in [-0.05, 0) is 30.4 Å². The van der Waals surface area contributed by atoms with Gasteiger partial charge >= 0.3 is 0 Å². The van der Waals surface area contributed by atoms with Gasteiger partial charge in [0.25, 0.3) is 5.91 Å². The summed E-state index contributed by atoms with van der Waals surface area (Å²) < 4.78 is 1.72. The summed E-state index contributed by atoms with van der Waals surface area (Å²) in [5.41, 5.74) is 2.90. The molecule has 7 heteroatoms. The number of aromatic nitrogens is 4. The quantitative estimate of drug-likeness (QED) is 0.753. The van der Waals surface area contributed by atoms with Crippen molar-refractivity contribution in [1.29, 1.82) is 0 Å². The lowest BCUT2D eigenvalue weighted by Gasteiger charge is -2.17. The summed E-state index contributed by atoms with van der Waals surface area (Å²) in [6.07, 6.45) is 5.20. The summed E-state index contributed by atoms with van der Waals surface area (Å²) in [4.78, 5) is 23.9. The van der Waals surface area contributed by atoms with Gasteiger partial charge in [0, 0.05) is 32.9 Å². The van der Waals surface area contributed by atoms with E-state index in [9.17, 15) is 4.79 Å². The minimum Gasteiger partial charge on any atom is -0.356 e. The number of nitrogens with zero attached hydrogens (tertiary/aromatic N) is 5. The number of anilines is 1. The van der Waals surface area contributed by atoms with E-state index in [0.29, 0.717) is 12.2 Å². The second-order valence-corrected chi connectivity index (χ2v) is 6.96. The zero-order chi connectivity index (χ0) is 18.8. The van der Waals surface area contributed by atoms with E-state index in [1.54, 1.807) is 4.68 Å². The average molecular weight is 364 g/mol. The van der Waals surface area contributed by atoms with E-state index in [1.807, 2.05) is 25.4 Å². The number of aryl methyl sites for hydroxylation is 2. The average Bonchev–Trinajstić information content (AvgIpc) is 3.34. The second kappa shape index (κ2) is 7.34. The Morgan fingerprint density at radius 3 is 2.52 bits per heavy atom. The molecule has 1 amide bonds. The standard InChI is InChI=1S/C20H24N6O/c1-3-14-6-8-15(9-7-14)12-21-20(27)18-22-17-16(13-25(2)24-17)19(23-18)26-10-4-5-11-26/h6-9,13H,3-5,10-12H2,1-2H3,(H,21,27). The van der Waals surface area contributed by atoms with Gasteiger partial charge < -0.3 is 10.2 Å². The summed E-state index contributed by atoms with van der Waals surface area (Å²) in [7, 11) is 1.86. The highest BCUT2D eigenvalue weighted by molar-refractivity contribution is 5.95. The lowest BCUT2D eigenvalue weighted by molar-refractivity contribution is 0.0941. The van der Waals surface area contributed by atoms with E-state index in [0.717, 1.165) is 49.1 Å². The first-order chi connectivity index (χ1) is 13.1. The van der Waals surface area contributed by atoms with Crippen LogP contribution in [0.4, 0.5) is 5.82 Å². The van der Waals surface area contributed by atoms with Crippen molar-refractivity contribution in [3.63, 3.8) is 0 Å². The van der Waals surface area contributed by atoms with Gasteiger partial charge in [0.2, 0.25) is 5.82 Å². The minimum absolute atomic E-state index is 0.174. The first-order valence-corrected chi connectivity index (χ1v) is 9.46. The maximum atomic E-state index is 12.7. The predicted molar refractivity (Wildman–Crippen MR) is 105 cm³/mol. The maximum absolute atomic E-state index is 12.7. The van der Waals surface area contributed by atoms with Crippen LogP contribution in [-0.2, 0) is 20.0 Å². The van der Waals surface area contributed by atoms with E-state index >= 15 is 0 Å². The van der Waals surface area contributed by atoms with Crippen molar-refractivity contribution in [1.82, 2.24) is 25.1 Å². The number of hydrogen-bond acceptors (Lipinski definition) is 5. The molecule has 1 saturated heterocycles. The van der Waals surface area contributed by atoms with Crippen LogP contribution in [0.1, 0.15) is 41.5 Å². The summed E-state index contributed by atoms with van der Waals surface area (Å²) >= 11 is 0. The SMILES string of the molecule is CCc1ccc(CNC(=O)c2nc(N3CCCC3)c3cn(C)nc3n2)cc1. The molecule has 3 aromatic rings. The van der Waals surface area contributed by atoms with E-state index in [-0.39, 0.29) is 11.7 Å². The number of carbonyl (C=O) groups is 1. The fraction of sp³-hybridized carbons (Fsp3) is 0.400. The van der Waals surface area contributed by atoms with Crippen molar-refractivity contribution >= 4 is 22.8 Å². The molecule has 27 heavy (non-hydrogen) atoms. The Bertz CT molecular complexity index is 957. The highest BCUT2D eigenvalue weighted by Gasteiger charge is 2.22. The number of nitrogens with one attached hydrogen (secondary N) is 1. The summed E-state index contributed by atoms with van der Waals surface area (Å²) in [6.45, 7) is 4.48.